The summed E-state index contributed by atoms with van der Waals surface area (Å²) in [5.41, 5.74) is 0.706. The molecule has 0 aliphatic rings. The second-order valence-electron chi connectivity index (χ2n) is 3.60. The van der Waals surface area contributed by atoms with Gasteiger partial charge in [0.2, 0.25) is 0 Å². The van der Waals surface area contributed by atoms with Crippen molar-refractivity contribution in [1.82, 2.24) is 5.16 Å². The van der Waals surface area contributed by atoms with Crippen LogP contribution in [0, 0.1) is 0 Å². The van der Waals surface area contributed by atoms with E-state index >= 15 is 0 Å². The largest absolute Gasteiger partial charge is 0.497 e. The number of thiol groups is 1. The Hall–Kier alpha value is -1.95. The van der Waals surface area contributed by atoms with Crippen LogP contribution in [0.2, 0.25) is 0 Å². The van der Waals surface area contributed by atoms with Crippen molar-refractivity contribution in [3.05, 3.63) is 47.3 Å². The van der Waals surface area contributed by atoms with Gasteiger partial charge in [-0.25, -0.2) is 4.79 Å². The zero-order chi connectivity index (χ0) is 13.1. The maximum absolute atomic E-state index is 10.7. The first-order chi connectivity index (χ1) is 8.61. The molecule has 6 heteroatoms. The molecule has 0 amide bonds. The normalized spacial score (nSPS) is 12.1. The Bertz CT molecular complexity index is 567. The third-order valence-corrected chi connectivity index (χ3v) is 2.98. The number of carboxylic acids is 1. The van der Waals surface area contributed by atoms with Gasteiger partial charge in [-0.3, -0.25) is 0 Å². The van der Waals surface area contributed by atoms with E-state index < -0.39 is 5.97 Å². The molecule has 1 heterocycles. The summed E-state index contributed by atoms with van der Waals surface area (Å²) >= 11 is 4.39. The minimum Gasteiger partial charge on any atom is -0.497 e. The van der Waals surface area contributed by atoms with Crippen LogP contribution < -0.4 is 4.74 Å². The molecule has 5 nitrogen and oxygen atoms in total. The zero-order valence-corrected chi connectivity index (χ0v) is 10.4. The van der Waals surface area contributed by atoms with E-state index in [1.54, 1.807) is 13.2 Å². The standard InChI is InChI=1S/C12H11NO4S/c1-16-8-4-2-3-7(5-8)11(18)10-6-9(12(14)15)13-17-10/h2-6,11,18H,1H3,(H,14,15). The lowest BCUT2D eigenvalue weighted by molar-refractivity contribution is 0.0685. The van der Waals surface area contributed by atoms with Gasteiger partial charge in [-0.1, -0.05) is 17.3 Å². The summed E-state index contributed by atoms with van der Waals surface area (Å²) in [5, 5.41) is 11.8. The van der Waals surface area contributed by atoms with Crippen molar-refractivity contribution >= 4 is 18.6 Å². The van der Waals surface area contributed by atoms with Crippen molar-refractivity contribution < 1.29 is 19.2 Å². The highest BCUT2D eigenvalue weighted by atomic mass is 32.1. The van der Waals surface area contributed by atoms with E-state index in [-0.39, 0.29) is 10.9 Å². The van der Waals surface area contributed by atoms with Crippen LogP contribution in [-0.4, -0.2) is 23.3 Å². The molecule has 0 saturated carbocycles. The van der Waals surface area contributed by atoms with Crippen LogP contribution in [-0.2, 0) is 0 Å². The highest BCUT2D eigenvalue weighted by Gasteiger charge is 2.18. The van der Waals surface area contributed by atoms with Crippen molar-refractivity contribution in [1.29, 1.82) is 0 Å². The van der Waals surface area contributed by atoms with Gasteiger partial charge >= 0.3 is 5.97 Å². The number of ether oxygens (including phenoxy) is 1. The Morgan fingerprint density at radius 3 is 2.89 bits per heavy atom. The average molecular weight is 265 g/mol. The molecule has 0 fully saturated rings. The number of aromatic carboxylic acids is 1. The summed E-state index contributed by atoms with van der Waals surface area (Å²) in [4.78, 5) is 10.7. The van der Waals surface area contributed by atoms with Gasteiger partial charge in [0.05, 0.1) is 12.4 Å². The van der Waals surface area contributed by atoms with Gasteiger partial charge in [0.25, 0.3) is 0 Å². The number of hydrogen-bond acceptors (Lipinski definition) is 5. The number of rotatable bonds is 4. The fraction of sp³-hybridized carbons (Fsp3) is 0.167. The third-order valence-electron chi connectivity index (χ3n) is 2.43. The quantitative estimate of drug-likeness (QED) is 0.830. The predicted molar refractivity (Wildman–Crippen MR) is 67.3 cm³/mol. The fourth-order valence-electron chi connectivity index (χ4n) is 1.49. The topological polar surface area (TPSA) is 72.6 Å². The smallest absolute Gasteiger partial charge is 0.358 e. The molecule has 2 rings (SSSR count). The van der Waals surface area contributed by atoms with Crippen LogP contribution >= 0.6 is 12.6 Å². The van der Waals surface area contributed by atoms with Crippen LogP contribution in [0.4, 0.5) is 0 Å². The van der Waals surface area contributed by atoms with E-state index in [0.717, 1.165) is 5.56 Å². The van der Waals surface area contributed by atoms with Gasteiger partial charge in [0, 0.05) is 6.07 Å². The molecule has 0 bridgehead atoms. The molecule has 1 atom stereocenters. The number of aromatic nitrogens is 1. The van der Waals surface area contributed by atoms with Crippen LogP contribution in [0.25, 0.3) is 0 Å². The van der Waals surface area contributed by atoms with E-state index in [1.165, 1.54) is 6.07 Å². The summed E-state index contributed by atoms with van der Waals surface area (Å²) < 4.78 is 10.1. The van der Waals surface area contributed by atoms with Crippen molar-refractivity contribution in [3.8, 4) is 5.75 Å². The monoisotopic (exact) mass is 265 g/mol. The average Bonchev–Trinajstić information content (AvgIpc) is 2.87. The second kappa shape index (κ2) is 5.14. The third kappa shape index (κ3) is 2.48. The van der Waals surface area contributed by atoms with Crippen LogP contribution in [0.1, 0.15) is 27.1 Å². The van der Waals surface area contributed by atoms with Gasteiger partial charge in [-0.15, -0.1) is 0 Å². The molecule has 0 spiro atoms. The Balaban J connectivity index is 2.28. The van der Waals surface area contributed by atoms with E-state index in [1.807, 2.05) is 18.2 Å². The van der Waals surface area contributed by atoms with Gasteiger partial charge in [0.15, 0.2) is 11.5 Å². The first-order valence-electron chi connectivity index (χ1n) is 5.13. The maximum atomic E-state index is 10.7. The number of nitrogens with zero attached hydrogens (tertiary/aromatic N) is 1. The predicted octanol–water partition coefficient (Wildman–Crippen LogP) is 2.40. The van der Waals surface area contributed by atoms with Crippen molar-refractivity contribution in [2.45, 2.75) is 5.25 Å². The summed E-state index contributed by atoms with van der Waals surface area (Å²) in [5.74, 6) is -0.0512. The van der Waals surface area contributed by atoms with Gasteiger partial charge in [0.1, 0.15) is 5.75 Å². The summed E-state index contributed by atoms with van der Waals surface area (Å²) in [6.45, 7) is 0. The lowest BCUT2D eigenvalue weighted by Crippen LogP contribution is -1.95. The Labute approximate surface area is 109 Å². The first kappa shape index (κ1) is 12.5. The Morgan fingerprint density at radius 1 is 1.50 bits per heavy atom. The molecule has 0 radical (unpaired) electrons. The lowest BCUT2D eigenvalue weighted by atomic mass is 10.1. The number of carbonyl (C=O) groups is 1. The first-order valence-corrected chi connectivity index (χ1v) is 5.65. The molecule has 1 N–H and O–H groups in total. The number of methoxy groups -OCH3 is 1. The van der Waals surface area contributed by atoms with Crippen LogP contribution in [0.15, 0.2) is 34.9 Å². The molecule has 0 saturated heterocycles. The Morgan fingerprint density at radius 2 is 2.28 bits per heavy atom. The van der Waals surface area contributed by atoms with Crippen LogP contribution in [0.3, 0.4) is 0 Å². The molecule has 18 heavy (non-hydrogen) atoms. The second-order valence-corrected chi connectivity index (χ2v) is 4.12. The van der Waals surface area contributed by atoms with E-state index in [2.05, 4.69) is 17.8 Å². The molecule has 1 aromatic carbocycles. The maximum Gasteiger partial charge on any atom is 0.358 e. The van der Waals surface area contributed by atoms with E-state index in [9.17, 15) is 4.79 Å². The highest BCUT2D eigenvalue weighted by Crippen LogP contribution is 2.30. The Kier molecular flexibility index (Phi) is 3.57. The molecule has 1 unspecified atom stereocenters. The highest BCUT2D eigenvalue weighted by molar-refractivity contribution is 7.80. The molecule has 94 valence electrons. The number of benzene rings is 1. The molecular weight excluding hydrogens is 254 g/mol. The summed E-state index contributed by atoms with van der Waals surface area (Å²) in [7, 11) is 1.57. The summed E-state index contributed by atoms with van der Waals surface area (Å²) in [6.07, 6.45) is 0. The summed E-state index contributed by atoms with van der Waals surface area (Å²) in [6, 6.07) is 8.65. The minimum atomic E-state index is -1.13. The van der Waals surface area contributed by atoms with E-state index in [0.29, 0.717) is 11.5 Å². The molecule has 2 aromatic rings. The van der Waals surface area contributed by atoms with Crippen LogP contribution in [0.5, 0.6) is 5.75 Å². The van der Waals surface area contributed by atoms with Crippen molar-refractivity contribution in [3.63, 3.8) is 0 Å². The minimum absolute atomic E-state index is 0.132. The van der Waals surface area contributed by atoms with Gasteiger partial charge in [-0.05, 0) is 17.7 Å². The van der Waals surface area contributed by atoms with E-state index in [4.69, 9.17) is 14.4 Å². The molecular formula is C12H11NO4S. The molecule has 1 aromatic heterocycles. The molecule has 0 aliphatic carbocycles. The fourth-order valence-corrected chi connectivity index (χ4v) is 1.78. The van der Waals surface area contributed by atoms with Crippen molar-refractivity contribution in [2.24, 2.45) is 0 Å². The SMILES string of the molecule is COc1cccc(C(S)c2cc(C(=O)O)no2)c1. The van der Waals surface area contributed by atoms with Gasteiger partial charge in [-0.2, -0.15) is 12.6 Å². The van der Waals surface area contributed by atoms with Crippen molar-refractivity contribution in [2.75, 3.05) is 7.11 Å². The molecule has 0 aliphatic heterocycles. The zero-order valence-electron chi connectivity index (χ0n) is 9.53. The van der Waals surface area contributed by atoms with Gasteiger partial charge < -0.3 is 14.4 Å². The number of hydrogen-bond donors (Lipinski definition) is 2. The number of carboxylic acid groups (broad SMARTS) is 1. The lowest BCUT2D eigenvalue weighted by Gasteiger charge is -2.08.